The van der Waals surface area contributed by atoms with Crippen LogP contribution >= 0.6 is 0 Å². The number of rotatable bonds is 17. The minimum Gasteiger partial charge on any atom is -0.480 e. The van der Waals surface area contributed by atoms with Gasteiger partial charge in [-0.1, -0.05) is 0 Å². The van der Waals surface area contributed by atoms with Crippen molar-refractivity contribution in [1.82, 2.24) is 16.0 Å². The second-order valence-corrected chi connectivity index (χ2v) is 7.70. The smallest absolute Gasteiger partial charge is 0.326 e. The maximum atomic E-state index is 12.8. The number of aliphatic imine (C=N–C) groups is 1. The van der Waals surface area contributed by atoms with Gasteiger partial charge in [0.25, 0.3) is 0 Å². The summed E-state index contributed by atoms with van der Waals surface area (Å²) in [6.45, 7) is 1.92. The molecule has 14 N–H and O–H groups in total. The number of nitrogens with one attached hydrogen (secondary N) is 3. The van der Waals surface area contributed by atoms with Gasteiger partial charge >= 0.3 is 5.97 Å². The lowest BCUT2D eigenvalue weighted by Crippen LogP contribution is -2.56. The molecule has 0 heterocycles. The molecule has 15 heteroatoms. The van der Waals surface area contributed by atoms with Crippen LogP contribution in [-0.4, -0.2) is 77.9 Å². The molecular weight excluding hydrogens is 450 g/mol. The number of carbonyl (C=O) groups excluding carboxylic acids is 4. The fraction of sp³-hybridized carbons (Fsp3) is 0.684. The van der Waals surface area contributed by atoms with Crippen LogP contribution in [0.3, 0.4) is 0 Å². The first-order chi connectivity index (χ1) is 15.9. The van der Waals surface area contributed by atoms with E-state index < -0.39 is 60.2 Å². The third kappa shape index (κ3) is 13.2. The third-order valence-electron chi connectivity index (χ3n) is 4.65. The van der Waals surface area contributed by atoms with Crippen LogP contribution in [-0.2, 0) is 24.0 Å². The number of amides is 4. The highest BCUT2D eigenvalue weighted by Gasteiger charge is 2.28. The van der Waals surface area contributed by atoms with E-state index in [0.717, 1.165) is 0 Å². The van der Waals surface area contributed by atoms with Gasteiger partial charge in [0.05, 0.1) is 12.5 Å². The van der Waals surface area contributed by atoms with E-state index in [9.17, 15) is 29.1 Å². The summed E-state index contributed by atoms with van der Waals surface area (Å²) in [5, 5.41) is 16.7. The summed E-state index contributed by atoms with van der Waals surface area (Å²) < 4.78 is 0. The number of aliphatic carboxylic acids is 1. The van der Waals surface area contributed by atoms with Crippen molar-refractivity contribution < 1.29 is 29.1 Å². The van der Waals surface area contributed by atoms with Gasteiger partial charge in [-0.3, -0.25) is 24.2 Å². The first kappa shape index (κ1) is 30.5. The molecule has 15 nitrogen and oxygen atoms in total. The molecule has 0 aliphatic heterocycles. The van der Waals surface area contributed by atoms with Gasteiger partial charge < -0.3 is 49.7 Å². The van der Waals surface area contributed by atoms with Crippen molar-refractivity contribution >= 4 is 35.6 Å². The third-order valence-corrected chi connectivity index (χ3v) is 4.65. The van der Waals surface area contributed by atoms with E-state index in [0.29, 0.717) is 25.8 Å². The monoisotopic (exact) mass is 487 g/mol. The maximum absolute atomic E-state index is 12.8. The Kier molecular flexibility index (Phi) is 14.6. The highest BCUT2D eigenvalue weighted by molar-refractivity contribution is 5.94. The van der Waals surface area contributed by atoms with Crippen molar-refractivity contribution in [3.63, 3.8) is 0 Å². The van der Waals surface area contributed by atoms with Crippen LogP contribution in [0.15, 0.2) is 4.99 Å². The van der Waals surface area contributed by atoms with Crippen LogP contribution in [0.1, 0.15) is 45.4 Å². The summed E-state index contributed by atoms with van der Waals surface area (Å²) in [7, 11) is 0. The molecule has 0 spiro atoms. The minimum absolute atomic E-state index is 0.0610. The highest BCUT2D eigenvalue weighted by atomic mass is 16.4. The molecule has 0 radical (unpaired) electrons. The van der Waals surface area contributed by atoms with Crippen molar-refractivity contribution in [3.05, 3.63) is 0 Å². The Bertz CT molecular complexity index is 742. The predicted molar refractivity (Wildman–Crippen MR) is 124 cm³/mol. The molecule has 4 atom stereocenters. The topological polar surface area (TPSA) is 284 Å². The van der Waals surface area contributed by atoms with Crippen LogP contribution in [0.25, 0.3) is 0 Å². The molecule has 0 bridgehead atoms. The fourth-order valence-electron chi connectivity index (χ4n) is 2.79. The zero-order valence-corrected chi connectivity index (χ0v) is 19.3. The molecule has 0 saturated heterocycles. The molecule has 4 amide bonds. The second-order valence-electron chi connectivity index (χ2n) is 7.70. The number of carboxylic acids is 1. The molecule has 194 valence electrons. The molecule has 4 unspecified atom stereocenters. The first-order valence-corrected chi connectivity index (χ1v) is 10.8. The Labute approximate surface area is 197 Å². The number of carbonyl (C=O) groups is 5. The lowest BCUT2D eigenvalue weighted by atomic mass is 10.1. The van der Waals surface area contributed by atoms with E-state index in [1.54, 1.807) is 0 Å². The van der Waals surface area contributed by atoms with Gasteiger partial charge in [-0.15, -0.1) is 0 Å². The van der Waals surface area contributed by atoms with Gasteiger partial charge in [0.1, 0.15) is 18.1 Å². The molecule has 0 saturated carbocycles. The van der Waals surface area contributed by atoms with E-state index in [1.165, 1.54) is 6.92 Å². The molecule has 0 fully saturated rings. The normalized spacial score (nSPS) is 14.1. The SMILES string of the molecule is CC(NC(=O)C(N)CC(N)=O)C(=O)NC(CCCCN)C(=O)NC(CCCN=C(N)N)C(=O)O. The largest absolute Gasteiger partial charge is 0.480 e. The average Bonchev–Trinajstić information content (AvgIpc) is 2.73. The standard InChI is InChI=1S/C19H37N9O6/c1-10(26-16(31)11(21)9-14(22)29)15(30)27-12(5-2-3-7-20)17(32)28-13(18(33)34)6-4-8-25-19(23)24/h10-13H,2-9,20-21H2,1H3,(H2,22,29)(H,26,31)(H,27,30)(H,28,32)(H,33,34)(H4,23,24,25). The molecule has 0 aliphatic rings. The van der Waals surface area contributed by atoms with Crippen molar-refractivity contribution in [2.75, 3.05) is 13.1 Å². The van der Waals surface area contributed by atoms with Gasteiger partial charge in [-0.25, -0.2) is 4.79 Å². The van der Waals surface area contributed by atoms with Crippen LogP contribution in [0.2, 0.25) is 0 Å². The molecule has 34 heavy (non-hydrogen) atoms. The summed E-state index contributed by atoms with van der Waals surface area (Å²) in [5.74, 6) is -4.33. The highest BCUT2D eigenvalue weighted by Crippen LogP contribution is 2.05. The number of primary amides is 1. The zero-order chi connectivity index (χ0) is 26.3. The van der Waals surface area contributed by atoms with Gasteiger partial charge in [-0.2, -0.15) is 0 Å². The maximum Gasteiger partial charge on any atom is 0.326 e. The zero-order valence-electron chi connectivity index (χ0n) is 19.3. The predicted octanol–water partition coefficient (Wildman–Crippen LogP) is -4.07. The van der Waals surface area contributed by atoms with E-state index >= 15 is 0 Å². The molecule has 0 aliphatic carbocycles. The molecule has 0 aromatic heterocycles. The van der Waals surface area contributed by atoms with Crippen LogP contribution < -0.4 is 44.6 Å². The molecule has 0 rings (SSSR count). The van der Waals surface area contributed by atoms with Gasteiger partial charge in [0.15, 0.2) is 5.96 Å². The number of unbranched alkanes of at least 4 members (excludes halogenated alkanes) is 1. The summed E-state index contributed by atoms with van der Waals surface area (Å²) in [5.41, 5.74) is 26.5. The van der Waals surface area contributed by atoms with E-state index in [-0.39, 0.29) is 25.3 Å². The molecule has 0 aromatic carbocycles. The Morgan fingerprint density at radius 3 is 1.97 bits per heavy atom. The summed E-state index contributed by atoms with van der Waals surface area (Å²) in [6, 6.07) is -4.62. The van der Waals surface area contributed by atoms with Crippen molar-refractivity contribution in [1.29, 1.82) is 0 Å². The summed E-state index contributed by atoms with van der Waals surface area (Å²) >= 11 is 0. The number of guanidine groups is 1. The number of hydrogen-bond donors (Lipinski definition) is 9. The van der Waals surface area contributed by atoms with Crippen LogP contribution in [0.5, 0.6) is 0 Å². The van der Waals surface area contributed by atoms with Gasteiger partial charge in [-0.05, 0) is 45.6 Å². The van der Waals surface area contributed by atoms with E-state index in [2.05, 4.69) is 20.9 Å². The fourth-order valence-corrected chi connectivity index (χ4v) is 2.79. The second kappa shape index (κ2) is 16.2. The van der Waals surface area contributed by atoms with E-state index in [4.69, 9.17) is 28.7 Å². The minimum atomic E-state index is -1.26. The first-order valence-electron chi connectivity index (χ1n) is 10.8. The van der Waals surface area contributed by atoms with Crippen LogP contribution in [0.4, 0.5) is 0 Å². The Balaban J connectivity index is 5.13. The van der Waals surface area contributed by atoms with Crippen molar-refractivity contribution in [3.8, 4) is 0 Å². The average molecular weight is 488 g/mol. The summed E-state index contributed by atoms with van der Waals surface area (Å²) in [4.78, 5) is 63.5. The quantitative estimate of drug-likeness (QED) is 0.0543. The van der Waals surface area contributed by atoms with Crippen molar-refractivity contribution in [2.24, 2.45) is 33.7 Å². The van der Waals surface area contributed by atoms with E-state index in [1.807, 2.05) is 0 Å². The van der Waals surface area contributed by atoms with Gasteiger partial charge in [0, 0.05) is 6.54 Å². The molecule has 0 aromatic rings. The number of hydrogen-bond acceptors (Lipinski definition) is 8. The number of nitrogens with two attached hydrogens (primary N) is 5. The molecular formula is C19H37N9O6. The van der Waals surface area contributed by atoms with Crippen LogP contribution in [0, 0.1) is 0 Å². The van der Waals surface area contributed by atoms with Gasteiger partial charge in [0.2, 0.25) is 23.6 Å². The van der Waals surface area contributed by atoms with Crippen molar-refractivity contribution in [2.45, 2.75) is 69.6 Å². The lowest BCUT2D eigenvalue weighted by molar-refractivity contribution is -0.142. The lowest BCUT2D eigenvalue weighted by Gasteiger charge is -2.23. The Hall–Kier alpha value is -3.46. The number of nitrogens with zero attached hydrogens (tertiary/aromatic N) is 1. The summed E-state index contributed by atoms with van der Waals surface area (Å²) in [6.07, 6.45) is 1.22. The Morgan fingerprint density at radius 2 is 1.44 bits per heavy atom. The number of carboxylic acid groups (broad SMARTS) is 1. The Morgan fingerprint density at radius 1 is 0.853 bits per heavy atom.